The van der Waals surface area contributed by atoms with Crippen molar-refractivity contribution in [2.24, 2.45) is 0 Å². The molecule has 0 atom stereocenters. The number of rotatable bonds is 6. The van der Waals surface area contributed by atoms with Crippen LogP contribution >= 0.6 is 0 Å². The van der Waals surface area contributed by atoms with Crippen molar-refractivity contribution in [3.63, 3.8) is 0 Å². The van der Waals surface area contributed by atoms with Crippen molar-refractivity contribution in [1.82, 2.24) is 10.3 Å². The first-order valence-electron chi connectivity index (χ1n) is 10.3. The fourth-order valence-corrected chi connectivity index (χ4v) is 3.80. The molecule has 10 heteroatoms. The fraction of sp³-hybridized carbons (Fsp3) is 0.208. The quantitative estimate of drug-likeness (QED) is 0.442. The van der Waals surface area contributed by atoms with Crippen LogP contribution in [0, 0.1) is 6.92 Å². The molecule has 10 nitrogen and oxygen atoms in total. The van der Waals surface area contributed by atoms with E-state index in [4.69, 9.17) is 28.0 Å². The van der Waals surface area contributed by atoms with Gasteiger partial charge in [-0.3, -0.25) is 10.1 Å². The first-order chi connectivity index (χ1) is 16.5. The fourth-order valence-electron chi connectivity index (χ4n) is 3.80. The van der Waals surface area contributed by atoms with Crippen LogP contribution in [-0.4, -0.2) is 37.5 Å². The Morgan fingerprint density at radius 2 is 1.74 bits per heavy atom. The van der Waals surface area contributed by atoms with Crippen LogP contribution in [0.2, 0.25) is 0 Å². The second-order valence-corrected chi connectivity index (χ2v) is 7.57. The van der Waals surface area contributed by atoms with Crippen molar-refractivity contribution >= 4 is 11.8 Å². The Bertz CT molecular complexity index is 1360. The van der Waals surface area contributed by atoms with Gasteiger partial charge in [-0.05, 0) is 31.2 Å². The highest BCUT2D eigenvalue weighted by Gasteiger charge is 2.29. The molecule has 1 amide bonds. The van der Waals surface area contributed by atoms with Crippen molar-refractivity contribution in [1.29, 1.82) is 0 Å². The summed E-state index contributed by atoms with van der Waals surface area (Å²) in [7, 11) is 4.58. The van der Waals surface area contributed by atoms with Crippen molar-refractivity contribution in [2.75, 3.05) is 26.6 Å². The van der Waals surface area contributed by atoms with E-state index in [1.165, 1.54) is 21.3 Å². The molecule has 2 aromatic heterocycles. The molecule has 0 fully saturated rings. The van der Waals surface area contributed by atoms with Crippen LogP contribution in [-0.2, 0) is 6.61 Å². The second kappa shape index (κ2) is 8.47. The van der Waals surface area contributed by atoms with Crippen LogP contribution < -0.4 is 24.3 Å². The normalized spacial score (nSPS) is 11.8. The van der Waals surface area contributed by atoms with E-state index < -0.39 is 5.91 Å². The van der Waals surface area contributed by atoms with Gasteiger partial charge >= 0.3 is 0 Å². The van der Waals surface area contributed by atoms with E-state index in [1.54, 1.807) is 18.2 Å². The van der Waals surface area contributed by atoms with Crippen molar-refractivity contribution in [3.8, 4) is 45.6 Å². The largest absolute Gasteiger partial charge is 0.493 e. The summed E-state index contributed by atoms with van der Waals surface area (Å²) in [6.45, 7) is 2.14. The number of aryl methyl sites for hydroxylation is 1. The Balaban J connectivity index is 1.40. The lowest BCUT2D eigenvalue weighted by atomic mass is 10.0. The molecule has 2 aromatic carbocycles. The summed E-state index contributed by atoms with van der Waals surface area (Å²) in [6, 6.07) is 10.8. The number of fused-ring (bicyclic) bond motifs is 3. The number of carbonyl (C=O) groups is 1. The van der Waals surface area contributed by atoms with E-state index in [1.807, 2.05) is 25.1 Å². The van der Waals surface area contributed by atoms with E-state index in [0.29, 0.717) is 45.6 Å². The van der Waals surface area contributed by atoms with Crippen molar-refractivity contribution in [2.45, 2.75) is 13.5 Å². The molecule has 0 saturated heterocycles. The van der Waals surface area contributed by atoms with Gasteiger partial charge in [0.25, 0.3) is 5.91 Å². The van der Waals surface area contributed by atoms with E-state index in [0.717, 1.165) is 11.1 Å². The maximum absolute atomic E-state index is 12.9. The standard InChI is InChI=1S/C24H21N3O7/c1-12-5-6-17-14(7-12)22-15(11-32-17)21(27-34-22)24(28)25-20-10-16(26-33-20)13-8-18(29-2)23(31-4)19(9-13)30-3/h5-10H,11H2,1-4H3,(H,25,28). The Hall–Kier alpha value is -4.47. The average Bonchev–Trinajstić information content (AvgIpc) is 3.50. The molecule has 0 spiro atoms. The molecule has 1 aliphatic heterocycles. The number of hydrogen-bond donors (Lipinski definition) is 1. The lowest BCUT2D eigenvalue weighted by Crippen LogP contribution is -2.16. The SMILES string of the molecule is COc1cc(-c2cc(NC(=O)c3noc4c3COc3ccc(C)cc3-4)on2)cc(OC)c1OC. The Morgan fingerprint density at radius 3 is 2.44 bits per heavy atom. The lowest BCUT2D eigenvalue weighted by molar-refractivity contribution is 0.101. The van der Waals surface area contributed by atoms with Crippen LogP contribution in [0.25, 0.3) is 22.6 Å². The number of anilines is 1. The third kappa shape index (κ3) is 3.58. The summed E-state index contributed by atoms with van der Waals surface area (Å²) >= 11 is 0. The van der Waals surface area contributed by atoms with E-state index in [9.17, 15) is 4.79 Å². The number of aromatic nitrogens is 2. The van der Waals surface area contributed by atoms with Crippen molar-refractivity contribution < 1.29 is 32.8 Å². The number of methoxy groups -OCH3 is 3. The van der Waals surface area contributed by atoms with Crippen LogP contribution in [0.5, 0.6) is 23.0 Å². The van der Waals surface area contributed by atoms with Crippen molar-refractivity contribution in [3.05, 3.63) is 53.2 Å². The third-order valence-electron chi connectivity index (χ3n) is 5.46. The minimum Gasteiger partial charge on any atom is -0.493 e. The molecule has 5 rings (SSSR count). The Morgan fingerprint density at radius 1 is 0.971 bits per heavy atom. The monoisotopic (exact) mass is 463 g/mol. The summed E-state index contributed by atoms with van der Waals surface area (Å²) in [4.78, 5) is 12.9. The number of ether oxygens (including phenoxy) is 4. The van der Waals surface area contributed by atoms with Gasteiger partial charge in [-0.2, -0.15) is 0 Å². The van der Waals surface area contributed by atoms with Gasteiger partial charge in [0.05, 0.1) is 32.5 Å². The summed E-state index contributed by atoms with van der Waals surface area (Å²) in [5.41, 5.74) is 3.60. The van der Waals surface area contributed by atoms with Crippen LogP contribution in [0.4, 0.5) is 5.88 Å². The number of benzene rings is 2. The first kappa shape index (κ1) is 21.4. The minimum absolute atomic E-state index is 0.118. The molecule has 0 radical (unpaired) electrons. The molecule has 174 valence electrons. The van der Waals surface area contributed by atoms with Gasteiger partial charge in [-0.1, -0.05) is 21.9 Å². The third-order valence-corrected chi connectivity index (χ3v) is 5.46. The number of carbonyl (C=O) groups excluding carboxylic acids is 1. The molecule has 0 saturated carbocycles. The molecule has 0 unspecified atom stereocenters. The minimum atomic E-state index is -0.503. The highest BCUT2D eigenvalue weighted by molar-refractivity contribution is 6.04. The second-order valence-electron chi connectivity index (χ2n) is 7.57. The Labute approximate surface area is 194 Å². The molecule has 34 heavy (non-hydrogen) atoms. The number of amides is 1. The molecular formula is C24H21N3O7. The highest BCUT2D eigenvalue weighted by atomic mass is 16.5. The lowest BCUT2D eigenvalue weighted by Gasteiger charge is -2.16. The number of hydrogen-bond acceptors (Lipinski definition) is 9. The van der Waals surface area contributed by atoms with Gasteiger partial charge < -0.3 is 28.0 Å². The molecular weight excluding hydrogens is 442 g/mol. The molecule has 3 heterocycles. The maximum atomic E-state index is 12.9. The molecule has 0 aliphatic carbocycles. The smallest absolute Gasteiger partial charge is 0.280 e. The average molecular weight is 463 g/mol. The zero-order valence-electron chi connectivity index (χ0n) is 18.9. The molecule has 4 aromatic rings. The predicted octanol–water partition coefficient (Wildman–Crippen LogP) is 4.48. The van der Waals surface area contributed by atoms with Gasteiger partial charge in [0.15, 0.2) is 23.0 Å². The zero-order chi connectivity index (χ0) is 23.8. The van der Waals surface area contributed by atoms with Gasteiger partial charge in [-0.25, -0.2) is 0 Å². The van der Waals surface area contributed by atoms with E-state index in [2.05, 4.69) is 15.6 Å². The van der Waals surface area contributed by atoms with Crippen LogP contribution in [0.3, 0.4) is 0 Å². The Kier molecular flexibility index (Phi) is 5.33. The summed E-state index contributed by atoms with van der Waals surface area (Å²) in [6.07, 6.45) is 0. The van der Waals surface area contributed by atoms with E-state index in [-0.39, 0.29) is 18.2 Å². The number of nitrogens with zero attached hydrogens (tertiary/aromatic N) is 2. The van der Waals surface area contributed by atoms with Gasteiger partial charge in [0.1, 0.15) is 18.1 Å². The van der Waals surface area contributed by atoms with Crippen LogP contribution in [0.15, 0.2) is 45.4 Å². The molecule has 0 bridgehead atoms. The summed E-state index contributed by atoms with van der Waals surface area (Å²) in [5.74, 6) is 2.24. The summed E-state index contributed by atoms with van der Waals surface area (Å²) < 4.78 is 32.7. The topological polar surface area (TPSA) is 118 Å². The van der Waals surface area contributed by atoms with Gasteiger partial charge in [0.2, 0.25) is 11.6 Å². The highest BCUT2D eigenvalue weighted by Crippen LogP contribution is 2.42. The first-order valence-corrected chi connectivity index (χ1v) is 10.3. The molecule has 1 aliphatic rings. The summed E-state index contributed by atoms with van der Waals surface area (Å²) in [5, 5.41) is 10.7. The van der Waals surface area contributed by atoms with E-state index >= 15 is 0 Å². The zero-order valence-corrected chi connectivity index (χ0v) is 18.9. The molecule has 1 N–H and O–H groups in total. The van der Waals surface area contributed by atoms with Crippen LogP contribution in [0.1, 0.15) is 21.6 Å². The number of nitrogens with one attached hydrogen (secondary N) is 1. The van der Waals surface area contributed by atoms with Gasteiger partial charge in [-0.15, -0.1) is 0 Å². The predicted molar refractivity (Wildman–Crippen MR) is 121 cm³/mol. The van der Waals surface area contributed by atoms with Gasteiger partial charge in [0, 0.05) is 11.6 Å². The maximum Gasteiger partial charge on any atom is 0.280 e.